The zero-order valence-corrected chi connectivity index (χ0v) is 41.4. The minimum atomic E-state index is -4.32. The summed E-state index contributed by atoms with van der Waals surface area (Å²) in [4.78, 5) is 17.7. The summed E-state index contributed by atoms with van der Waals surface area (Å²) in [5, 5.41) is 66.5. The summed E-state index contributed by atoms with van der Waals surface area (Å²) >= 11 is 0. The summed E-state index contributed by atoms with van der Waals surface area (Å²) in [6.07, 6.45) is -8.91. The molecule has 18 atom stereocenters. The molecule has 0 radical (unpaired) electrons. The first-order chi connectivity index (χ1) is 30.1. The third-order valence-corrected chi connectivity index (χ3v) is 16.1. The van der Waals surface area contributed by atoms with Crippen LogP contribution in [-0.4, -0.2) is 173 Å². The molecule has 3 aliphatic heterocycles. The molecule has 20 heteroatoms. The first kappa shape index (κ1) is 55.6. The number of likely N-dealkylation sites (N-methyl/N-ethyl adjacent to an activating group) is 1. The van der Waals surface area contributed by atoms with Crippen molar-refractivity contribution in [1.82, 2.24) is 19.9 Å². The van der Waals surface area contributed by atoms with Gasteiger partial charge in [0.15, 0.2) is 12.6 Å². The Morgan fingerprint density at radius 2 is 1.68 bits per heavy atom. The summed E-state index contributed by atoms with van der Waals surface area (Å²) in [5.74, 6) is -4.11. The van der Waals surface area contributed by atoms with Crippen LogP contribution in [0.4, 0.5) is 4.39 Å². The maximum absolute atomic E-state index is 14.5. The van der Waals surface area contributed by atoms with E-state index in [9.17, 15) is 43.1 Å². The van der Waals surface area contributed by atoms with Gasteiger partial charge in [-0.2, -0.15) is 8.70 Å². The number of hydrogen-bond acceptors (Lipinski definition) is 17. The first-order valence-electron chi connectivity index (χ1n) is 23.1. The van der Waals surface area contributed by atoms with E-state index < -0.39 is 124 Å². The zero-order chi connectivity index (χ0) is 49.0. The average molecular weight is 951 g/mol. The summed E-state index contributed by atoms with van der Waals surface area (Å²) in [7, 11) is -1.54. The number of aliphatic hydroxyl groups excluding tert-OH is 2. The van der Waals surface area contributed by atoms with E-state index in [0.717, 1.165) is 29.1 Å². The van der Waals surface area contributed by atoms with Gasteiger partial charge in [-0.15, -0.1) is 0 Å². The van der Waals surface area contributed by atoms with Crippen LogP contribution < -0.4 is 10.6 Å². The second-order valence-corrected chi connectivity index (χ2v) is 21.6. The standard InChI is InChI=1S/C45H79FN4O14S/c1-14-18-47-24-45(56)30(8)61-35(21-43(45,10)59-13)63-37-27(5)39(64-41-36(51)32(19-26(4)60-41)50(12)65(57,58)31-16-17-34(46)49-23-31)42(9,54)20-25(3)22-48-29(7)38(52)44(11,55)33(15-2)62-40(53)28(37)6/h16-17,23,25-30,32-33,35-39,41,47-48,51-52,54-56H,14-15,18-22,24H2,1-13H3/t25-,26-,27+,28-,29-,30+,32+,33-,35+,36-,37+,38-,39-,41+,42-,43-,44-,45+/m1/s1. The van der Waals surface area contributed by atoms with E-state index in [1.807, 2.05) is 13.8 Å². The summed E-state index contributed by atoms with van der Waals surface area (Å²) in [6, 6.07) is 0.199. The quantitative estimate of drug-likeness (QED) is 0.0851. The molecule has 0 bridgehead atoms. The van der Waals surface area contributed by atoms with Crippen LogP contribution in [0.25, 0.3) is 0 Å². The number of sulfonamides is 1. The lowest BCUT2D eigenvalue weighted by Crippen LogP contribution is -2.70. The zero-order valence-electron chi connectivity index (χ0n) is 40.6. The number of nitrogens with one attached hydrogen (secondary N) is 2. The van der Waals surface area contributed by atoms with Crippen LogP contribution in [0, 0.1) is 23.7 Å². The molecular formula is C45H79FN4O14S. The molecule has 0 spiro atoms. The molecule has 18 nitrogen and oxygen atoms in total. The molecule has 7 N–H and O–H groups in total. The van der Waals surface area contributed by atoms with Crippen LogP contribution in [0.2, 0.25) is 0 Å². The van der Waals surface area contributed by atoms with Crippen molar-refractivity contribution in [2.24, 2.45) is 17.8 Å². The van der Waals surface area contributed by atoms with Crippen molar-refractivity contribution < 1.29 is 71.6 Å². The van der Waals surface area contributed by atoms with E-state index in [1.165, 1.54) is 21.1 Å². The number of nitrogens with zero attached hydrogens (tertiary/aromatic N) is 2. The second kappa shape index (κ2) is 22.2. The van der Waals surface area contributed by atoms with Crippen molar-refractivity contribution in [2.45, 2.75) is 203 Å². The predicted molar refractivity (Wildman–Crippen MR) is 237 cm³/mol. The van der Waals surface area contributed by atoms with Crippen LogP contribution >= 0.6 is 0 Å². The Hall–Kier alpha value is -2.02. The molecule has 3 saturated heterocycles. The van der Waals surface area contributed by atoms with E-state index in [2.05, 4.69) is 15.6 Å². The number of rotatable bonds is 13. The minimum Gasteiger partial charge on any atom is -0.459 e. The molecule has 4 heterocycles. The second-order valence-electron chi connectivity index (χ2n) is 19.6. The molecule has 3 fully saturated rings. The topological polar surface area (TPSA) is 248 Å². The molecule has 3 aliphatic rings. The van der Waals surface area contributed by atoms with Crippen LogP contribution in [0.15, 0.2) is 23.2 Å². The minimum absolute atomic E-state index is 0.00183. The monoisotopic (exact) mass is 951 g/mol. The van der Waals surface area contributed by atoms with Gasteiger partial charge in [-0.3, -0.25) is 4.79 Å². The summed E-state index contributed by atoms with van der Waals surface area (Å²) in [6.45, 7) is 19.7. The van der Waals surface area contributed by atoms with Gasteiger partial charge in [0.1, 0.15) is 40.0 Å². The number of aliphatic hydroxyl groups is 5. The first-order valence-corrected chi connectivity index (χ1v) is 24.5. The number of methoxy groups -OCH3 is 1. The van der Waals surface area contributed by atoms with Gasteiger partial charge < -0.3 is 64.6 Å². The lowest BCUT2D eigenvalue weighted by Gasteiger charge is -2.53. The Morgan fingerprint density at radius 1 is 1.02 bits per heavy atom. The number of esters is 1. The fourth-order valence-electron chi connectivity index (χ4n) is 9.91. The highest BCUT2D eigenvalue weighted by atomic mass is 32.2. The molecule has 0 amide bonds. The van der Waals surface area contributed by atoms with Crippen molar-refractivity contribution in [3.63, 3.8) is 0 Å². The number of hydrogen-bond donors (Lipinski definition) is 7. The third kappa shape index (κ3) is 12.2. The SMILES string of the molecule is CCCNC[C@]1(O)[C@H](C)O[C@@H](O[C@H]2[C@H](C)[C@@H](O[C@@H]3O[C@H](C)C[C@H](N(C)S(=O)(=O)c4ccc(F)nc4)[C@H]3O)[C@](C)(O)C[C@@H](C)CN[C@H](C)[C@@H](O)[C@](C)(O)[C@@H](CC)OC(=O)[C@@H]2C)C[C@@]1(C)OC. The number of ether oxygens (including phenoxy) is 6. The van der Waals surface area contributed by atoms with Crippen molar-refractivity contribution in [3.8, 4) is 0 Å². The van der Waals surface area contributed by atoms with E-state index in [-0.39, 0.29) is 49.6 Å². The van der Waals surface area contributed by atoms with Gasteiger partial charge in [-0.1, -0.05) is 27.7 Å². The summed E-state index contributed by atoms with van der Waals surface area (Å²) < 4.78 is 80.5. The molecule has 0 saturated carbocycles. The van der Waals surface area contributed by atoms with Crippen LogP contribution in [0.1, 0.15) is 108 Å². The third-order valence-electron chi connectivity index (χ3n) is 14.2. The van der Waals surface area contributed by atoms with Gasteiger partial charge >= 0.3 is 5.97 Å². The molecule has 1 aromatic rings. The largest absolute Gasteiger partial charge is 0.459 e. The van der Waals surface area contributed by atoms with Gasteiger partial charge in [-0.05, 0) is 105 Å². The molecule has 65 heavy (non-hydrogen) atoms. The normalized spacial score (nSPS) is 43.1. The van der Waals surface area contributed by atoms with Gasteiger partial charge in [0.25, 0.3) is 0 Å². The van der Waals surface area contributed by atoms with Gasteiger partial charge in [0.05, 0.1) is 48.2 Å². The Balaban J connectivity index is 1.82. The fourth-order valence-corrected chi connectivity index (χ4v) is 11.2. The Bertz CT molecular complexity index is 1800. The number of pyridine rings is 1. The van der Waals surface area contributed by atoms with Gasteiger partial charge in [-0.25, -0.2) is 13.4 Å². The lowest BCUT2D eigenvalue weighted by molar-refractivity contribution is -0.336. The van der Waals surface area contributed by atoms with Crippen molar-refractivity contribution in [3.05, 3.63) is 24.3 Å². The molecular weight excluding hydrogens is 872 g/mol. The average Bonchev–Trinajstić information content (AvgIpc) is 3.24. The highest BCUT2D eigenvalue weighted by Crippen LogP contribution is 2.43. The van der Waals surface area contributed by atoms with Gasteiger partial charge in [0.2, 0.25) is 16.0 Å². The van der Waals surface area contributed by atoms with Crippen LogP contribution in [-0.2, 0) is 43.2 Å². The highest BCUT2D eigenvalue weighted by molar-refractivity contribution is 7.89. The fraction of sp³-hybridized carbons (Fsp3) is 0.867. The molecule has 1 aromatic heterocycles. The number of halogens is 1. The van der Waals surface area contributed by atoms with E-state index in [1.54, 1.807) is 55.4 Å². The highest BCUT2D eigenvalue weighted by Gasteiger charge is 2.58. The van der Waals surface area contributed by atoms with Crippen molar-refractivity contribution in [2.75, 3.05) is 33.8 Å². The molecule has 4 rings (SSSR count). The molecule has 0 aromatic carbocycles. The van der Waals surface area contributed by atoms with Gasteiger partial charge in [0, 0.05) is 39.1 Å². The van der Waals surface area contributed by atoms with Crippen LogP contribution in [0.3, 0.4) is 0 Å². The predicted octanol–water partition coefficient (Wildman–Crippen LogP) is 2.22. The maximum atomic E-state index is 14.5. The molecule has 0 unspecified atom stereocenters. The molecule has 376 valence electrons. The molecule has 0 aliphatic carbocycles. The van der Waals surface area contributed by atoms with E-state index in [0.29, 0.717) is 6.54 Å². The Labute approximate surface area is 385 Å². The smallest absolute Gasteiger partial charge is 0.311 e. The lowest BCUT2D eigenvalue weighted by atomic mass is 9.75. The Morgan fingerprint density at radius 3 is 2.26 bits per heavy atom. The van der Waals surface area contributed by atoms with Crippen LogP contribution in [0.5, 0.6) is 0 Å². The van der Waals surface area contributed by atoms with Crippen molar-refractivity contribution >= 4 is 16.0 Å². The number of cyclic esters (lactones) is 1. The van der Waals surface area contributed by atoms with Crippen molar-refractivity contribution in [1.29, 1.82) is 0 Å². The Kier molecular flexibility index (Phi) is 18.9. The number of carbonyl (C=O) groups is 1. The number of aromatic nitrogens is 1. The number of carbonyl (C=O) groups excluding carboxylic acids is 1. The maximum Gasteiger partial charge on any atom is 0.311 e. The van der Waals surface area contributed by atoms with E-state index in [4.69, 9.17) is 28.4 Å². The van der Waals surface area contributed by atoms with E-state index >= 15 is 0 Å². The summed E-state index contributed by atoms with van der Waals surface area (Å²) in [5.41, 5.74) is -6.42.